The fraction of sp³-hybridized carbons (Fsp3) is 0. The summed E-state index contributed by atoms with van der Waals surface area (Å²) in [5.74, 6) is 0.504. The number of fused-ring (bicyclic) bond motifs is 1. The van der Waals surface area contributed by atoms with Crippen LogP contribution in [-0.2, 0) is 0 Å². The van der Waals surface area contributed by atoms with Crippen molar-refractivity contribution in [3.05, 3.63) is 64.5 Å². The van der Waals surface area contributed by atoms with Crippen LogP contribution in [0, 0.1) is 11.3 Å². The van der Waals surface area contributed by atoms with Crippen LogP contribution in [0.1, 0.15) is 17.0 Å². The van der Waals surface area contributed by atoms with Crippen molar-refractivity contribution < 1.29 is 4.42 Å². The summed E-state index contributed by atoms with van der Waals surface area (Å²) >= 11 is 5.90. The molecule has 0 radical (unpaired) electrons. The number of aromatic nitrogens is 1. The molecule has 0 saturated heterocycles. The maximum atomic E-state index is 8.85. The first kappa shape index (κ1) is 12.5. The highest BCUT2D eigenvalue weighted by Crippen LogP contribution is 2.21. The molecule has 20 heavy (non-hydrogen) atoms. The van der Waals surface area contributed by atoms with Crippen LogP contribution < -0.4 is 0 Å². The van der Waals surface area contributed by atoms with E-state index in [4.69, 9.17) is 21.3 Å². The first-order valence-corrected chi connectivity index (χ1v) is 6.37. The molecular weight excluding hydrogens is 272 g/mol. The summed E-state index contributed by atoms with van der Waals surface area (Å²) < 4.78 is 5.58. The number of oxazole rings is 1. The Kier molecular flexibility index (Phi) is 3.24. The number of nitrogens with zero attached hydrogens (tertiary/aromatic N) is 2. The first-order chi connectivity index (χ1) is 9.74. The van der Waals surface area contributed by atoms with Crippen molar-refractivity contribution in [3.8, 4) is 6.07 Å². The van der Waals surface area contributed by atoms with E-state index in [1.807, 2.05) is 18.2 Å². The summed E-state index contributed by atoms with van der Waals surface area (Å²) in [6.45, 7) is 0. The van der Waals surface area contributed by atoms with Crippen LogP contribution in [0.15, 0.2) is 46.9 Å². The van der Waals surface area contributed by atoms with Gasteiger partial charge >= 0.3 is 0 Å². The third-order valence-electron chi connectivity index (χ3n) is 2.80. The lowest BCUT2D eigenvalue weighted by molar-refractivity contribution is 0.590. The molecule has 0 N–H and O–H groups in total. The van der Waals surface area contributed by atoms with Crippen LogP contribution in [0.3, 0.4) is 0 Å². The van der Waals surface area contributed by atoms with Crippen LogP contribution >= 0.6 is 11.6 Å². The minimum absolute atomic E-state index is 0.504. The van der Waals surface area contributed by atoms with E-state index in [-0.39, 0.29) is 0 Å². The highest BCUT2D eigenvalue weighted by Gasteiger charge is 2.03. The average Bonchev–Trinajstić information content (AvgIpc) is 2.87. The number of halogens is 1. The minimum atomic E-state index is 0.504. The van der Waals surface area contributed by atoms with E-state index in [1.165, 1.54) is 0 Å². The fourth-order valence-corrected chi connectivity index (χ4v) is 2.04. The summed E-state index contributed by atoms with van der Waals surface area (Å²) in [6, 6.07) is 14.7. The highest BCUT2D eigenvalue weighted by atomic mass is 35.5. The monoisotopic (exact) mass is 280 g/mol. The molecule has 0 fully saturated rings. The molecule has 3 aromatic rings. The van der Waals surface area contributed by atoms with Crippen LogP contribution in [0.4, 0.5) is 0 Å². The molecule has 96 valence electrons. The van der Waals surface area contributed by atoms with Gasteiger partial charge in [0.25, 0.3) is 0 Å². The van der Waals surface area contributed by atoms with Gasteiger partial charge in [0.2, 0.25) is 5.89 Å². The molecule has 0 aliphatic carbocycles. The Labute approximate surface area is 120 Å². The second kappa shape index (κ2) is 5.20. The average molecular weight is 281 g/mol. The number of benzene rings is 2. The van der Waals surface area contributed by atoms with Gasteiger partial charge < -0.3 is 4.42 Å². The molecule has 0 spiro atoms. The van der Waals surface area contributed by atoms with Crippen LogP contribution in [0.5, 0.6) is 0 Å². The highest BCUT2D eigenvalue weighted by molar-refractivity contribution is 6.31. The van der Waals surface area contributed by atoms with E-state index in [0.717, 1.165) is 11.1 Å². The quantitative estimate of drug-likeness (QED) is 0.693. The third-order valence-corrected chi connectivity index (χ3v) is 3.04. The lowest BCUT2D eigenvalue weighted by Gasteiger charge is -1.92. The predicted octanol–water partition coefficient (Wildman–Crippen LogP) is 4.52. The van der Waals surface area contributed by atoms with Crippen molar-refractivity contribution in [3.63, 3.8) is 0 Å². The largest absolute Gasteiger partial charge is 0.437 e. The molecule has 1 heterocycles. The lowest BCUT2D eigenvalue weighted by Crippen LogP contribution is -1.76. The van der Waals surface area contributed by atoms with Gasteiger partial charge in [-0.05, 0) is 42.0 Å². The van der Waals surface area contributed by atoms with Gasteiger partial charge in [-0.25, -0.2) is 4.98 Å². The fourth-order valence-electron chi connectivity index (χ4n) is 1.87. The molecular formula is C16H9ClN2O. The number of rotatable bonds is 2. The van der Waals surface area contributed by atoms with Gasteiger partial charge in [-0.15, -0.1) is 0 Å². The summed E-state index contributed by atoms with van der Waals surface area (Å²) in [5, 5.41) is 9.48. The van der Waals surface area contributed by atoms with Crippen LogP contribution in [-0.4, -0.2) is 4.98 Å². The summed E-state index contributed by atoms with van der Waals surface area (Å²) in [6.07, 6.45) is 3.62. The Morgan fingerprint density at radius 2 is 2.05 bits per heavy atom. The van der Waals surface area contributed by atoms with Crippen molar-refractivity contribution >= 4 is 34.9 Å². The Bertz CT molecular complexity index is 843. The maximum Gasteiger partial charge on any atom is 0.220 e. The normalized spacial score (nSPS) is 11.0. The van der Waals surface area contributed by atoms with Gasteiger partial charge in [0, 0.05) is 11.1 Å². The minimum Gasteiger partial charge on any atom is -0.437 e. The van der Waals surface area contributed by atoms with Crippen molar-refractivity contribution in [1.29, 1.82) is 5.26 Å². The second-order valence-electron chi connectivity index (χ2n) is 4.23. The molecule has 2 aromatic carbocycles. The standard InChI is InChI=1S/C16H9ClN2O/c17-13-5-6-15-14(9-13)19-16(20-15)7-4-11-2-1-3-12(8-11)10-18/h1-9H/b7-4+. The maximum absolute atomic E-state index is 8.85. The molecule has 3 rings (SSSR count). The molecule has 0 amide bonds. The second-order valence-corrected chi connectivity index (χ2v) is 4.67. The molecule has 4 heteroatoms. The van der Waals surface area contributed by atoms with Gasteiger partial charge in [0.1, 0.15) is 5.52 Å². The van der Waals surface area contributed by atoms with E-state index in [1.54, 1.807) is 36.4 Å². The first-order valence-electron chi connectivity index (χ1n) is 5.99. The Balaban J connectivity index is 1.92. The zero-order chi connectivity index (χ0) is 13.9. The van der Waals surface area contributed by atoms with Crippen molar-refractivity contribution in [2.45, 2.75) is 0 Å². The molecule has 1 aromatic heterocycles. The van der Waals surface area contributed by atoms with Gasteiger partial charge in [0.05, 0.1) is 11.6 Å². The Hall–Kier alpha value is -2.57. The number of hydrogen-bond acceptors (Lipinski definition) is 3. The van der Waals surface area contributed by atoms with Gasteiger partial charge in [0.15, 0.2) is 5.58 Å². The van der Waals surface area contributed by atoms with Crippen LogP contribution in [0.25, 0.3) is 23.3 Å². The molecule has 0 saturated carbocycles. The van der Waals surface area contributed by atoms with Crippen LogP contribution in [0.2, 0.25) is 5.02 Å². The lowest BCUT2D eigenvalue weighted by atomic mass is 10.1. The van der Waals surface area contributed by atoms with E-state index < -0.39 is 0 Å². The number of nitriles is 1. The van der Waals surface area contributed by atoms with Crippen molar-refractivity contribution in [2.24, 2.45) is 0 Å². The number of hydrogen-bond donors (Lipinski definition) is 0. The molecule has 0 unspecified atom stereocenters. The Morgan fingerprint density at radius 1 is 1.15 bits per heavy atom. The van der Waals surface area contributed by atoms with Gasteiger partial charge in [-0.3, -0.25) is 0 Å². The van der Waals surface area contributed by atoms with E-state index >= 15 is 0 Å². The SMILES string of the molecule is N#Cc1cccc(/C=C/c2nc3cc(Cl)ccc3o2)c1. The summed E-state index contributed by atoms with van der Waals surface area (Å²) in [4.78, 5) is 4.33. The van der Waals surface area contributed by atoms with Gasteiger partial charge in [-0.1, -0.05) is 23.7 Å². The zero-order valence-corrected chi connectivity index (χ0v) is 11.1. The summed E-state index contributed by atoms with van der Waals surface area (Å²) in [5.41, 5.74) is 2.96. The topological polar surface area (TPSA) is 49.8 Å². The smallest absolute Gasteiger partial charge is 0.220 e. The van der Waals surface area contributed by atoms with Crippen molar-refractivity contribution in [1.82, 2.24) is 4.98 Å². The van der Waals surface area contributed by atoms with E-state index in [9.17, 15) is 0 Å². The zero-order valence-electron chi connectivity index (χ0n) is 10.4. The summed E-state index contributed by atoms with van der Waals surface area (Å²) in [7, 11) is 0. The van der Waals surface area contributed by atoms with E-state index in [0.29, 0.717) is 22.1 Å². The van der Waals surface area contributed by atoms with E-state index in [2.05, 4.69) is 11.1 Å². The molecule has 0 atom stereocenters. The molecule has 0 bridgehead atoms. The third kappa shape index (κ3) is 2.56. The Morgan fingerprint density at radius 3 is 2.90 bits per heavy atom. The molecule has 3 nitrogen and oxygen atoms in total. The predicted molar refractivity (Wildman–Crippen MR) is 79.1 cm³/mol. The molecule has 0 aliphatic rings. The molecule has 0 aliphatic heterocycles. The van der Waals surface area contributed by atoms with Crippen molar-refractivity contribution in [2.75, 3.05) is 0 Å². The van der Waals surface area contributed by atoms with Gasteiger partial charge in [-0.2, -0.15) is 5.26 Å².